The molecule has 1 N–H and O–H groups in total. The lowest BCUT2D eigenvalue weighted by molar-refractivity contribution is 0.0867. The molecule has 0 amide bonds. The summed E-state index contributed by atoms with van der Waals surface area (Å²) in [6, 6.07) is 18.8. The Bertz CT molecular complexity index is 439. The molecule has 0 aliphatic heterocycles. The van der Waals surface area contributed by atoms with Gasteiger partial charge in [-0.1, -0.05) is 48.5 Å². The number of hydrogen-bond acceptors (Lipinski definition) is 2. The highest BCUT2D eigenvalue weighted by atomic mass is 16.6. The van der Waals surface area contributed by atoms with Crippen LogP contribution in [0.25, 0.3) is 11.1 Å². The lowest BCUT2D eigenvalue weighted by atomic mass is 10.0. The van der Waals surface area contributed by atoms with Crippen LogP contribution in [-0.4, -0.2) is 7.11 Å². The Balaban J connectivity index is 2.22. The summed E-state index contributed by atoms with van der Waals surface area (Å²) in [6.45, 7) is 0.719. The third-order valence-electron chi connectivity index (χ3n) is 2.45. The van der Waals surface area contributed by atoms with Gasteiger partial charge in [0.2, 0.25) is 0 Å². The third-order valence-corrected chi connectivity index (χ3v) is 2.45. The van der Waals surface area contributed by atoms with Crippen LogP contribution in [0.2, 0.25) is 0 Å². The highest BCUT2D eigenvalue weighted by Gasteiger charge is 1.98. The van der Waals surface area contributed by atoms with Crippen LogP contribution in [0.15, 0.2) is 54.6 Å². The zero-order valence-electron chi connectivity index (χ0n) is 9.31. The van der Waals surface area contributed by atoms with Crippen molar-refractivity contribution in [1.82, 2.24) is 5.48 Å². The average Bonchev–Trinajstić information content (AvgIpc) is 2.38. The third kappa shape index (κ3) is 2.69. The van der Waals surface area contributed by atoms with Gasteiger partial charge in [0.25, 0.3) is 0 Å². The van der Waals surface area contributed by atoms with Crippen LogP contribution >= 0.6 is 0 Å². The van der Waals surface area contributed by atoms with E-state index in [-0.39, 0.29) is 0 Å². The van der Waals surface area contributed by atoms with Crippen molar-refractivity contribution < 1.29 is 4.84 Å². The van der Waals surface area contributed by atoms with E-state index >= 15 is 0 Å². The second kappa shape index (κ2) is 5.45. The van der Waals surface area contributed by atoms with E-state index in [9.17, 15) is 0 Å². The van der Waals surface area contributed by atoms with Gasteiger partial charge in [-0.05, 0) is 22.8 Å². The summed E-state index contributed by atoms with van der Waals surface area (Å²) in [5, 5.41) is 0. The molecule has 0 atom stereocenters. The molecule has 16 heavy (non-hydrogen) atoms. The quantitative estimate of drug-likeness (QED) is 0.788. The topological polar surface area (TPSA) is 21.3 Å². The van der Waals surface area contributed by atoms with Gasteiger partial charge < -0.3 is 4.84 Å². The number of nitrogens with one attached hydrogen (secondary N) is 1. The zero-order chi connectivity index (χ0) is 11.2. The van der Waals surface area contributed by atoms with Crippen LogP contribution in [-0.2, 0) is 11.4 Å². The molecule has 0 aromatic heterocycles. The van der Waals surface area contributed by atoms with Crippen LogP contribution in [0.1, 0.15) is 5.56 Å². The van der Waals surface area contributed by atoms with Crippen molar-refractivity contribution in [2.24, 2.45) is 0 Å². The van der Waals surface area contributed by atoms with Gasteiger partial charge in [0.05, 0.1) is 7.11 Å². The fraction of sp³-hybridized carbons (Fsp3) is 0.143. The lowest BCUT2D eigenvalue weighted by Gasteiger charge is -2.05. The zero-order valence-corrected chi connectivity index (χ0v) is 9.31. The van der Waals surface area contributed by atoms with E-state index in [0.717, 1.165) is 6.54 Å². The largest absolute Gasteiger partial charge is 0.305 e. The summed E-state index contributed by atoms with van der Waals surface area (Å²) in [6.07, 6.45) is 0. The first-order chi connectivity index (χ1) is 7.90. The molecular weight excluding hydrogens is 198 g/mol. The minimum atomic E-state index is 0.719. The molecule has 2 rings (SSSR count). The molecule has 2 aromatic rings. The molecule has 0 unspecified atom stereocenters. The molecule has 0 saturated carbocycles. The number of benzene rings is 2. The summed E-state index contributed by atoms with van der Waals surface area (Å²) >= 11 is 0. The van der Waals surface area contributed by atoms with Crippen molar-refractivity contribution in [3.63, 3.8) is 0 Å². The van der Waals surface area contributed by atoms with Crippen LogP contribution in [0.5, 0.6) is 0 Å². The molecule has 0 radical (unpaired) electrons. The Labute approximate surface area is 95.8 Å². The van der Waals surface area contributed by atoms with Gasteiger partial charge in [0, 0.05) is 6.54 Å². The van der Waals surface area contributed by atoms with Gasteiger partial charge in [-0.25, -0.2) is 0 Å². The monoisotopic (exact) mass is 213 g/mol. The number of rotatable bonds is 4. The van der Waals surface area contributed by atoms with Gasteiger partial charge in [0.1, 0.15) is 0 Å². The van der Waals surface area contributed by atoms with Crippen molar-refractivity contribution in [3.8, 4) is 11.1 Å². The van der Waals surface area contributed by atoms with Crippen molar-refractivity contribution in [1.29, 1.82) is 0 Å². The van der Waals surface area contributed by atoms with E-state index in [1.54, 1.807) is 7.11 Å². The molecule has 0 bridgehead atoms. The van der Waals surface area contributed by atoms with Crippen LogP contribution in [0, 0.1) is 0 Å². The fourth-order valence-electron chi connectivity index (χ4n) is 1.65. The minimum Gasteiger partial charge on any atom is -0.305 e. The molecule has 0 spiro atoms. The van der Waals surface area contributed by atoms with Crippen molar-refractivity contribution in [3.05, 3.63) is 60.2 Å². The summed E-state index contributed by atoms with van der Waals surface area (Å²) in [5.74, 6) is 0. The predicted octanol–water partition coefficient (Wildman–Crippen LogP) is 3.00. The minimum absolute atomic E-state index is 0.719. The Morgan fingerprint density at radius 1 is 0.938 bits per heavy atom. The van der Waals surface area contributed by atoms with E-state index in [2.05, 4.69) is 54.0 Å². The molecule has 0 saturated heterocycles. The fourth-order valence-corrected chi connectivity index (χ4v) is 1.65. The van der Waals surface area contributed by atoms with Gasteiger partial charge in [0.15, 0.2) is 0 Å². The first-order valence-electron chi connectivity index (χ1n) is 5.30. The average molecular weight is 213 g/mol. The Morgan fingerprint density at radius 2 is 1.69 bits per heavy atom. The second-order valence-electron chi connectivity index (χ2n) is 3.59. The van der Waals surface area contributed by atoms with Gasteiger partial charge in [-0.3, -0.25) is 0 Å². The smallest absolute Gasteiger partial charge is 0.0572 e. The maximum absolute atomic E-state index is 4.84. The first-order valence-corrected chi connectivity index (χ1v) is 5.30. The van der Waals surface area contributed by atoms with Gasteiger partial charge >= 0.3 is 0 Å². The van der Waals surface area contributed by atoms with E-state index in [1.807, 2.05) is 6.07 Å². The second-order valence-corrected chi connectivity index (χ2v) is 3.59. The highest BCUT2D eigenvalue weighted by molar-refractivity contribution is 5.63. The molecule has 2 heteroatoms. The van der Waals surface area contributed by atoms with E-state index in [4.69, 9.17) is 4.84 Å². The molecule has 0 aliphatic carbocycles. The van der Waals surface area contributed by atoms with Crippen LogP contribution in [0.4, 0.5) is 0 Å². The summed E-state index contributed by atoms with van der Waals surface area (Å²) < 4.78 is 0. The summed E-state index contributed by atoms with van der Waals surface area (Å²) in [5.41, 5.74) is 6.52. The van der Waals surface area contributed by atoms with Gasteiger partial charge in [-0.2, -0.15) is 5.48 Å². The van der Waals surface area contributed by atoms with E-state index in [0.29, 0.717) is 0 Å². The van der Waals surface area contributed by atoms with Crippen molar-refractivity contribution in [2.45, 2.75) is 6.54 Å². The Morgan fingerprint density at radius 3 is 2.44 bits per heavy atom. The number of hydroxylamine groups is 1. The summed E-state index contributed by atoms with van der Waals surface area (Å²) in [7, 11) is 1.63. The molecular formula is C14H15NO. The highest BCUT2D eigenvalue weighted by Crippen LogP contribution is 2.19. The standard InChI is InChI=1S/C14H15NO/c1-16-15-11-12-6-5-9-14(10-12)13-7-3-2-4-8-13/h2-10,15H,11H2,1H3. The normalized spacial score (nSPS) is 10.3. The molecule has 2 nitrogen and oxygen atoms in total. The lowest BCUT2D eigenvalue weighted by Crippen LogP contribution is -2.10. The maximum Gasteiger partial charge on any atom is 0.0572 e. The number of hydrogen-bond donors (Lipinski definition) is 1. The van der Waals surface area contributed by atoms with E-state index < -0.39 is 0 Å². The van der Waals surface area contributed by atoms with Gasteiger partial charge in [-0.15, -0.1) is 0 Å². The van der Waals surface area contributed by atoms with E-state index in [1.165, 1.54) is 16.7 Å². The first kappa shape index (κ1) is 10.9. The Hall–Kier alpha value is -1.64. The molecule has 2 aromatic carbocycles. The molecule has 82 valence electrons. The van der Waals surface area contributed by atoms with Crippen molar-refractivity contribution >= 4 is 0 Å². The van der Waals surface area contributed by atoms with Crippen LogP contribution < -0.4 is 5.48 Å². The van der Waals surface area contributed by atoms with Crippen LogP contribution in [0.3, 0.4) is 0 Å². The Kier molecular flexibility index (Phi) is 3.70. The predicted molar refractivity (Wildman–Crippen MR) is 65.7 cm³/mol. The maximum atomic E-state index is 4.84. The molecule has 0 heterocycles. The molecule has 0 aliphatic rings. The van der Waals surface area contributed by atoms with Crippen molar-refractivity contribution in [2.75, 3.05) is 7.11 Å². The summed E-state index contributed by atoms with van der Waals surface area (Å²) in [4.78, 5) is 4.84. The molecule has 0 fully saturated rings. The SMILES string of the molecule is CONCc1cccc(-c2ccccc2)c1.